The number of hydrogen-bond acceptors (Lipinski definition) is 1. The number of benzene rings is 1. The molecule has 1 aromatic rings. The number of rotatable bonds is 1. The van der Waals surface area contributed by atoms with Crippen molar-refractivity contribution in [3.05, 3.63) is 28.2 Å². The minimum atomic E-state index is -0.0924. The molecule has 7 heteroatoms. The molecule has 1 aromatic carbocycles. The SMILES string of the molecule is C[N+]1(C)CCCN(C(=O)Nc2cc(Cl)cc(Cl)c2)CC1.[I-]. The average Bonchev–Trinajstić information content (AvgIpc) is 2.48. The van der Waals surface area contributed by atoms with Gasteiger partial charge in [-0.1, -0.05) is 23.2 Å². The van der Waals surface area contributed by atoms with Crippen LogP contribution in [0.1, 0.15) is 6.42 Å². The molecule has 2 amide bonds. The van der Waals surface area contributed by atoms with E-state index in [2.05, 4.69) is 19.4 Å². The van der Waals surface area contributed by atoms with E-state index in [1.807, 2.05) is 4.90 Å². The first-order chi connectivity index (χ1) is 9.35. The molecule has 1 aliphatic rings. The number of quaternary nitrogens is 1. The normalized spacial score (nSPS) is 17.6. The number of nitrogens with one attached hydrogen (secondary N) is 1. The number of likely N-dealkylation sites (N-methyl/N-ethyl adjacent to an activating group) is 1. The van der Waals surface area contributed by atoms with E-state index in [1.54, 1.807) is 18.2 Å². The van der Waals surface area contributed by atoms with E-state index in [4.69, 9.17) is 23.2 Å². The highest BCUT2D eigenvalue weighted by atomic mass is 127. The Kier molecular flexibility index (Phi) is 7.03. The molecular weight excluding hydrogens is 424 g/mol. The average molecular weight is 444 g/mol. The molecule has 21 heavy (non-hydrogen) atoms. The highest BCUT2D eigenvalue weighted by Gasteiger charge is 2.24. The summed E-state index contributed by atoms with van der Waals surface area (Å²) >= 11 is 11.9. The third kappa shape index (κ3) is 5.81. The summed E-state index contributed by atoms with van der Waals surface area (Å²) in [7, 11) is 4.39. The first-order valence-corrected chi connectivity index (χ1v) is 7.45. The number of amides is 2. The van der Waals surface area contributed by atoms with Crippen molar-refractivity contribution in [2.24, 2.45) is 0 Å². The van der Waals surface area contributed by atoms with Gasteiger partial charge in [0.25, 0.3) is 0 Å². The van der Waals surface area contributed by atoms with Gasteiger partial charge >= 0.3 is 6.03 Å². The summed E-state index contributed by atoms with van der Waals surface area (Å²) in [6, 6.07) is 4.95. The second-order valence-electron chi connectivity index (χ2n) is 5.81. The molecule has 1 aliphatic heterocycles. The van der Waals surface area contributed by atoms with E-state index in [9.17, 15) is 4.79 Å². The van der Waals surface area contributed by atoms with Gasteiger partial charge in [-0.15, -0.1) is 0 Å². The van der Waals surface area contributed by atoms with E-state index in [1.165, 1.54) is 0 Å². The Hall–Kier alpha value is -0.240. The van der Waals surface area contributed by atoms with Crippen LogP contribution in [0.3, 0.4) is 0 Å². The summed E-state index contributed by atoms with van der Waals surface area (Å²) in [5.41, 5.74) is 0.630. The van der Waals surface area contributed by atoms with Gasteiger partial charge in [-0.25, -0.2) is 4.79 Å². The molecule has 0 atom stereocenters. The summed E-state index contributed by atoms with van der Waals surface area (Å²) < 4.78 is 0.951. The van der Waals surface area contributed by atoms with Crippen LogP contribution in [0.2, 0.25) is 10.0 Å². The Balaban J connectivity index is 0.00000220. The molecule has 2 rings (SSSR count). The van der Waals surface area contributed by atoms with Gasteiger partial charge in [0, 0.05) is 28.7 Å². The Morgan fingerprint density at radius 1 is 1.14 bits per heavy atom. The minimum absolute atomic E-state index is 0. The van der Waals surface area contributed by atoms with Gasteiger partial charge in [0.05, 0.1) is 33.7 Å². The lowest BCUT2D eigenvalue weighted by Crippen LogP contribution is -3.00. The van der Waals surface area contributed by atoms with Gasteiger partial charge in [0.2, 0.25) is 0 Å². The molecular formula is C14H20Cl2IN3O. The number of nitrogens with zero attached hydrogens (tertiary/aromatic N) is 2. The van der Waals surface area contributed by atoms with Crippen molar-refractivity contribution < 1.29 is 33.3 Å². The van der Waals surface area contributed by atoms with Crippen LogP contribution in [0, 0.1) is 0 Å². The smallest absolute Gasteiger partial charge is 0.322 e. The number of urea groups is 1. The fraction of sp³-hybridized carbons (Fsp3) is 0.500. The van der Waals surface area contributed by atoms with Gasteiger partial charge in [0.15, 0.2) is 0 Å². The standard InChI is InChI=1S/C14H19Cl2N3O.HI/c1-19(2)6-3-4-18(5-7-19)14(20)17-13-9-11(15)8-12(16)10-13;/h8-10H,3-7H2,1-2H3;1H. The summed E-state index contributed by atoms with van der Waals surface area (Å²) in [5, 5.41) is 3.89. The van der Waals surface area contributed by atoms with Gasteiger partial charge in [-0.3, -0.25) is 0 Å². The largest absolute Gasteiger partial charge is 1.00 e. The minimum Gasteiger partial charge on any atom is -1.00 e. The summed E-state index contributed by atoms with van der Waals surface area (Å²) in [6.45, 7) is 3.59. The Morgan fingerprint density at radius 2 is 1.76 bits per heavy atom. The van der Waals surface area contributed by atoms with Crippen molar-refractivity contribution in [2.75, 3.05) is 45.6 Å². The van der Waals surface area contributed by atoms with Gasteiger partial charge < -0.3 is 38.7 Å². The van der Waals surface area contributed by atoms with Crippen LogP contribution in [-0.2, 0) is 0 Å². The van der Waals surface area contributed by atoms with Crippen LogP contribution in [0.4, 0.5) is 10.5 Å². The van der Waals surface area contributed by atoms with Crippen molar-refractivity contribution in [3.63, 3.8) is 0 Å². The zero-order valence-corrected chi connectivity index (χ0v) is 15.9. The molecule has 1 N–H and O–H groups in total. The lowest BCUT2D eigenvalue weighted by atomic mass is 10.3. The molecule has 0 aliphatic carbocycles. The first kappa shape index (κ1) is 18.8. The van der Waals surface area contributed by atoms with E-state index < -0.39 is 0 Å². The molecule has 0 spiro atoms. The maximum absolute atomic E-state index is 12.3. The summed E-state index contributed by atoms with van der Waals surface area (Å²) in [4.78, 5) is 14.1. The Labute approximate surface area is 153 Å². The monoisotopic (exact) mass is 443 g/mol. The molecule has 0 unspecified atom stereocenters. The Morgan fingerprint density at radius 3 is 2.38 bits per heavy atom. The number of carbonyl (C=O) groups is 1. The predicted octanol–water partition coefficient (Wildman–Crippen LogP) is 0.311. The highest BCUT2D eigenvalue weighted by molar-refractivity contribution is 6.35. The van der Waals surface area contributed by atoms with Crippen molar-refractivity contribution in [3.8, 4) is 0 Å². The van der Waals surface area contributed by atoms with Crippen molar-refractivity contribution >= 4 is 34.9 Å². The third-order valence-electron chi connectivity index (χ3n) is 3.57. The molecule has 0 saturated carbocycles. The topological polar surface area (TPSA) is 32.3 Å². The van der Waals surface area contributed by atoms with Gasteiger partial charge in [-0.2, -0.15) is 0 Å². The number of hydrogen-bond donors (Lipinski definition) is 1. The van der Waals surface area contributed by atoms with Crippen LogP contribution in [0.25, 0.3) is 0 Å². The van der Waals surface area contributed by atoms with Crippen LogP contribution in [-0.4, -0.2) is 55.7 Å². The third-order valence-corrected chi connectivity index (χ3v) is 4.00. The highest BCUT2D eigenvalue weighted by Crippen LogP contribution is 2.22. The maximum Gasteiger partial charge on any atom is 0.322 e. The first-order valence-electron chi connectivity index (χ1n) is 6.70. The second kappa shape index (κ2) is 7.85. The molecule has 1 fully saturated rings. The van der Waals surface area contributed by atoms with E-state index in [0.717, 1.165) is 37.1 Å². The van der Waals surface area contributed by atoms with E-state index >= 15 is 0 Å². The molecule has 1 saturated heterocycles. The van der Waals surface area contributed by atoms with Crippen LogP contribution in [0.5, 0.6) is 0 Å². The molecule has 1 heterocycles. The van der Waals surface area contributed by atoms with Crippen LogP contribution < -0.4 is 29.3 Å². The van der Waals surface area contributed by atoms with E-state index in [-0.39, 0.29) is 30.0 Å². The lowest BCUT2D eigenvalue weighted by Gasteiger charge is -2.28. The van der Waals surface area contributed by atoms with Gasteiger partial charge in [0.1, 0.15) is 0 Å². The fourth-order valence-electron chi connectivity index (χ4n) is 2.34. The Bertz CT molecular complexity index is 491. The van der Waals surface area contributed by atoms with E-state index in [0.29, 0.717) is 15.7 Å². The fourth-order valence-corrected chi connectivity index (χ4v) is 2.86. The van der Waals surface area contributed by atoms with Crippen molar-refractivity contribution in [1.29, 1.82) is 0 Å². The predicted molar refractivity (Wildman–Crippen MR) is 83.5 cm³/mol. The molecule has 118 valence electrons. The number of carbonyl (C=O) groups excluding carboxylic acids is 1. The van der Waals surface area contributed by atoms with Crippen molar-refractivity contribution in [1.82, 2.24) is 4.90 Å². The zero-order chi connectivity index (χ0) is 14.8. The quantitative estimate of drug-likeness (QED) is 0.491. The lowest BCUT2D eigenvalue weighted by molar-refractivity contribution is -0.888. The summed E-state index contributed by atoms with van der Waals surface area (Å²) in [5.74, 6) is 0. The van der Waals surface area contributed by atoms with Gasteiger partial charge in [-0.05, 0) is 18.2 Å². The molecule has 0 bridgehead atoms. The van der Waals surface area contributed by atoms with Crippen LogP contribution in [0.15, 0.2) is 18.2 Å². The summed E-state index contributed by atoms with van der Waals surface area (Å²) in [6.07, 6.45) is 1.01. The maximum atomic E-state index is 12.3. The molecule has 4 nitrogen and oxygen atoms in total. The number of anilines is 1. The number of halogens is 3. The molecule has 0 radical (unpaired) electrons. The van der Waals surface area contributed by atoms with Crippen molar-refractivity contribution in [2.45, 2.75) is 6.42 Å². The second-order valence-corrected chi connectivity index (χ2v) is 6.68. The zero-order valence-electron chi connectivity index (χ0n) is 12.2. The molecule has 0 aromatic heterocycles. The van der Waals surface area contributed by atoms with Crippen LogP contribution >= 0.6 is 23.2 Å².